The van der Waals surface area contributed by atoms with E-state index in [0.29, 0.717) is 0 Å². The molecule has 5 heteroatoms. The molecule has 0 heterocycles. The molecule has 0 aliphatic carbocycles. The highest BCUT2D eigenvalue weighted by Crippen LogP contribution is 2.19. The molecular formula is C9H8F2O3. The van der Waals surface area contributed by atoms with Gasteiger partial charge in [0.25, 0.3) is 0 Å². The number of halogens is 2. The molecule has 1 aromatic carbocycles. The van der Waals surface area contributed by atoms with Gasteiger partial charge < -0.3 is 9.84 Å². The van der Waals surface area contributed by atoms with E-state index in [0.717, 1.165) is 19.2 Å². The molecule has 0 aliphatic heterocycles. The molecule has 1 N–H and O–H groups in total. The van der Waals surface area contributed by atoms with Crippen LogP contribution >= 0.6 is 0 Å². The number of methoxy groups -OCH3 is 1. The molecule has 0 bridgehead atoms. The fourth-order valence-corrected chi connectivity index (χ4v) is 0.975. The highest BCUT2D eigenvalue weighted by Gasteiger charge is 2.14. The van der Waals surface area contributed by atoms with E-state index in [1.54, 1.807) is 0 Å². The van der Waals surface area contributed by atoms with Gasteiger partial charge in [-0.1, -0.05) is 0 Å². The minimum absolute atomic E-state index is 0.408. The summed E-state index contributed by atoms with van der Waals surface area (Å²) in [5.74, 6) is -3.19. The number of phenolic OH excluding ortho intramolecular Hbond substituents is 1. The van der Waals surface area contributed by atoms with Crippen LogP contribution in [0.5, 0.6) is 5.75 Å². The molecule has 1 aromatic rings. The van der Waals surface area contributed by atoms with E-state index in [1.807, 2.05) is 0 Å². The van der Waals surface area contributed by atoms with Crippen molar-refractivity contribution in [2.24, 2.45) is 0 Å². The fourth-order valence-electron chi connectivity index (χ4n) is 0.975. The lowest BCUT2D eigenvalue weighted by atomic mass is 10.1. The maximum absolute atomic E-state index is 13.0. The number of benzene rings is 1. The highest BCUT2D eigenvalue weighted by molar-refractivity contribution is 5.72. The zero-order valence-electron chi connectivity index (χ0n) is 7.38. The molecule has 0 saturated heterocycles. The van der Waals surface area contributed by atoms with Crippen molar-refractivity contribution in [3.63, 3.8) is 0 Å². The van der Waals surface area contributed by atoms with Crippen LogP contribution in [0.3, 0.4) is 0 Å². The minimum atomic E-state index is -0.965. The molecule has 0 spiro atoms. The van der Waals surface area contributed by atoms with Crippen molar-refractivity contribution < 1.29 is 23.4 Å². The maximum Gasteiger partial charge on any atom is 0.310 e. The van der Waals surface area contributed by atoms with Crippen LogP contribution in [-0.2, 0) is 16.0 Å². The molecule has 14 heavy (non-hydrogen) atoms. The monoisotopic (exact) mass is 202 g/mol. The van der Waals surface area contributed by atoms with Gasteiger partial charge in [-0.05, 0) is 0 Å². The first-order valence-electron chi connectivity index (χ1n) is 3.78. The summed E-state index contributed by atoms with van der Waals surface area (Å²) in [5.41, 5.74) is -0.408. The first kappa shape index (κ1) is 10.4. The van der Waals surface area contributed by atoms with Crippen LogP contribution in [-0.4, -0.2) is 18.2 Å². The highest BCUT2D eigenvalue weighted by atomic mass is 19.1. The van der Waals surface area contributed by atoms with Gasteiger partial charge in [0.15, 0.2) is 0 Å². The Hall–Kier alpha value is -1.65. The van der Waals surface area contributed by atoms with Gasteiger partial charge in [0.1, 0.15) is 17.4 Å². The lowest BCUT2D eigenvalue weighted by Gasteiger charge is -2.04. The summed E-state index contributed by atoms with van der Waals surface area (Å²) in [6.45, 7) is 0. The van der Waals surface area contributed by atoms with Crippen LogP contribution < -0.4 is 0 Å². The van der Waals surface area contributed by atoms with E-state index < -0.39 is 35.3 Å². The van der Waals surface area contributed by atoms with Crippen molar-refractivity contribution in [2.45, 2.75) is 6.42 Å². The van der Waals surface area contributed by atoms with Crippen LogP contribution in [0.25, 0.3) is 0 Å². The summed E-state index contributed by atoms with van der Waals surface area (Å²) < 4.78 is 30.3. The van der Waals surface area contributed by atoms with Crippen LogP contribution in [0.1, 0.15) is 5.56 Å². The van der Waals surface area contributed by atoms with Gasteiger partial charge in [0.05, 0.1) is 13.5 Å². The van der Waals surface area contributed by atoms with Crippen LogP contribution in [0.2, 0.25) is 0 Å². The molecular weight excluding hydrogens is 194 g/mol. The summed E-state index contributed by atoms with van der Waals surface area (Å²) in [4.78, 5) is 10.8. The average Bonchev–Trinajstić information content (AvgIpc) is 2.10. The zero-order valence-corrected chi connectivity index (χ0v) is 7.38. The van der Waals surface area contributed by atoms with E-state index in [2.05, 4.69) is 4.74 Å². The van der Waals surface area contributed by atoms with Gasteiger partial charge in [-0.3, -0.25) is 4.79 Å². The third-order valence-corrected chi connectivity index (χ3v) is 1.67. The SMILES string of the molecule is COC(=O)Cc1c(F)cc(O)cc1F. The summed E-state index contributed by atoms with van der Waals surface area (Å²) in [5, 5.41) is 8.81. The number of rotatable bonds is 2. The third-order valence-electron chi connectivity index (χ3n) is 1.67. The predicted molar refractivity (Wildman–Crippen MR) is 43.7 cm³/mol. The molecule has 0 radical (unpaired) electrons. The van der Waals surface area contributed by atoms with E-state index in [-0.39, 0.29) is 0 Å². The molecule has 76 valence electrons. The summed E-state index contributed by atoms with van der Waals surface area (Å²) in [7, 11) is 1.12. The van der Waals surface area contributed by atoms with Gasteiger partial charge >= 0.3 is 5.97 Å². The van der Waals surface area contributed by atoms with E-state index >= 15 is 0 Å². The number of carbonyl (C=O) groups excluding carboxylic acids is 1. The molecule has 0 saturated carbocycles. The minimum Gasteiger partial charge on any atom is -0.508 e. The third kappa shape index (κ3) is 2.18. The van der Waals surface area contributed by atoms with Crippen molar-refractivity contribution in [3.05, 3.63) is 29.3 Å². The number of aromatic hydroxyl groups is 1. The summed E-state index contributed by atoms with van der Waals surface area (Å²) in [6.07, 6.45) is -0.492. The Kier molecular flexibility index (Phi) is 3.01. The molecule has 0 aromatic heterocycles. The Bertz CT molecular complexity index is 340. The number of carbonyl (C=O) groups is 1. The van der Waals surface area contributed by atoms with Crippen LogP contribution in [0.4, 0.5) is 8.78 Å². The number of phenols is 1. The molecule has 0 atom stereocenters. The largest absolute Gasteiger partial charge is 0.508 e. The van der Waals surface area contributed by atoms with Gasteiger partial charge in [-0.25, -0.2) is 8.78 Å². The Morgan fingerprint density at radius 1 is 1.43 bits per heavy atom. The second kappa shape index (κ2) is 4.04. The molecule has 0 fully saturated rings. The maximum atomic E-state index is 13.0. The van der Waals surface area contributed by atoms with Crippen molar-refractivity contribution in [1.29, 1.82) is 0 Å². The van der Waals surface area contributed by atoms with E-state index in [9.17, 15) is 13.6 Å². The number of hydrogen-bond donors (Lipinski definition) is 1. The lowest BCUT2D eigenvalue weighted by molar-refractivity contribution is -0.139. The van der Waals surface area contributed by atoms with Crippen LogP contribution in [0.15, 0.2) is 12.1 Å². The first-order chi connectivity index (χ1) is 6.54. The van der Waals surface area contributed by atoms with Gasteiger partial charge in [0.2, 0.25) is 0 Å². The summed E-state index contributed by atoms with van der Waals surface area (Å²) in [6, 6.07) is 1.47. The Morgan fingerprint density at radius 3 is 2.36 bits per heavy atom. The first-order valence-corrected chi connectivity index (χ1v) is 3.78. The number of ether oxygens (including phenoxy) is 1. The second-order valence-corrected chi connectivity index (χ2v) is 2.64. The summed E-state index contributed by atoms with van der Waals surface area (Å²) >= 11 is 0. The Balaban J connectivity index is 3.02. The molecule has 0 aliphatic rings. The Labute approximate surface area is 78.9 Å². The predicted octanol–water partition coefficient (Wildman–Crippen LogP) is 1.39. The normalized spacial score (nSPS) is 9.93. The van der Waals surface area contributed by atoms with Crippen molar-refractivity contribution in [1.82, 2.24) is 0 Å². The number of hydrogen-bond acceptors (Lipinski definition) is 3. The second-order valence-electron chi connectivity index (χ2n) is 2.64. The lowest BCUT2D eigenvalue weighted by Crippen LogP contribution is -2.08. The van der Waals surface area contributed by atoms with Crippen molar-refractivity contribution >= 4 is 5.97 Å². The Morgan fingerprint density at radius 2 is 1.93 bits per heavy atom. The van der Waals surface area contributed by atoms with Crippen LogP contribution in [0, 0.1) is 11.6 Å². The molecule has 1 rings (SSSR count). The topological polar surface area (TPSA) is 46.5 Å². The number of esters is 1. The van der Waals surface area contributed by atoms with E-state index in [4.69, 9.17) is 5.11 Å². The fraction of sp³-hybridized carbons (Fsp3) is 0.222. The molecule has 0 unspecified atom stereocenters. The van der Waals surface area contributed by atoms with Gasteiger partial charge in [-0.2, -0.15) is 0 Å². The quantitative estimate of drug-likeness (QED) is 0.737. The standard InChI is InChI=1S/C9H8F2O3/c1-14-9(13)4-6-7(10)2-5(12)3-8(6)11/h2-3,12H,4H2,1H3. The van der Waals surface area contributed by atoms with E-state index in [1.165, 1.54) is 0 Å². The molecule has 0 amide bonds. The molecule has 3 nitrogen and oxygen atoms in total. The van der Waals surface area contributed by atoms with Gasteiger partial charge in [-0.15, -0.1) is 0 Å². The van der Waals surface area contributed by atoms with Crippen molar-refractivity contribution in [3.8, 4) is 5.75 Å². The van der Waals surface area contributed by atoms with Crippen molar-refractivity contribution in [2.75, 3.05) is 7.11 Å². The smallest absolute Gasteiger partial charge is 0.310 e. The zero-order chi connectivity index (χ0) is 10.7. The van der Waals surface area contributed by atoms with Gasteiger partial charge in [0, 0.05) is 17.7 Å². The average molecular weight is 202 g/mol.